The van der Waals surface area contributed by atoms with E-state index in [1.807, 2.05) is 25.7 Å². The van der Waals surface area contributed by atoms with Crippen LogP contribution < -0.4 is 5.32 Å². The summed E-state index contributed by atoms with van der Waals surface area (Å²) in [6, 6.07) is 0.00232. The zero-order valence-corrected chi connectivity index (χ0v) is 12.8. The summed E-state index contributed by atoms with van der Waals surface area (Å²) in [5.41, 5.74) is -0.730. The maximum absolute atomic E-state index is 12.6. The summed E-state index contributed by atoms with van der Waals surface area (Å²) in [4.78, 5) is 26.4. The van der Waals surface area contributed by atoms with E-state index in [2.05, 4.69) is 12.2 Å². The van der Waals surface area contributed by atoms with Gasteiger partial charge < -0.3 is 10.2 Å². The Morgan fingerprint density at radius 1 is 1.26 bits per heavy atom. The second kappa shape index (κ2) is 6.92. The quantitative estimate of drug-likeness (QED) is 0.752. The molecule has 110 valence electrons. The monoisotopic (exact) mass is 268 g/mol. The van der Waals surface area contributed by atoms with E-state index in [9.17, 15) is 9.59 Å². The van der Waals surface area contributed by atoms with E-state index >= 15 is 0 Å². The third kappa shape index (κ3) is 3.95. The second-order valence-electron chi connectivity index (χ2n) is 5.85. The highest BCUT2D eigenvalue weighted by Crippen LogP contribution is 2.21. The molecule has 0 radical (unpaired) electrons. The third-order valence-electron chi connectivity index (χ3n) is 4.12. The Balaban J connectivity index is 2.75. The number of hydrogen-bond acceptors (Lipinski definition) is 2. The highest BCUT2D eigenvalue weighted by molar-refractivity contribution is 5.93. The van der Waals surface area contributed by atoms with Gasteiger partial charge in [-0.2, -0.15) is 0 Å². The van der Waals surface area contributed by atoms with Crippen molar-refractivity contribution in [3.63, 3.8) is 0 Å². The number of unbranched alkanes of at least 4 members (excludes halogenated alkanes) is 3. The van der Waals surface area contributed by atoms with Gasteiger partial charge >= 0.3 is 0 Å². The van der Waals surface area contributed by atoms with E-state index < -0.39 is 5.54 Å². The zero-order valence-electron chi connectivity index (χ0n) is 12.8. The van der Waals surface area contributed by atoms with Gasteiger partial charge in [0.1, 0.15) is 5.54 Å². The Morgan fingerprint density at radius 3 is 2.53 bits per heavy atom. The first-order valence-electron chi connectivity index (χ1n) is 7.56. The average molecular weight is 268 g/mol. The van der Waals surface area contributed by atoms with Gasteiger partial charge in [0.2, 0.25) is 11.8 Å². The summed E-state index contributed by atoms with van der Waals surface area (Å²) in [7, 11) is 0. The second-order valence-corrected chi connectivity index (χ2v) is 5.85. The highest BCUT2D eigenvalue weighted by Gasteiger charge is 2.41. The summed E-state index contributed by atoms with van der Waals surface area (Å²) in [6.45, 7) is 8.70. The normalized spacial score (nSPS) is 28.2. The fourth-order valence-corrected chi connectivity index (χ4v) is 2.58. The molecule has 1 heterocycles. The molecule has 1 aliphatic rings. The minimum absolute atomic E-state index is 0.00232. The first-order valence-corrected chi connectivity index (χ1v) is 7.56. The van der Waals surface area contributed by atoms with E-state index in [4.69, 9.17) is 0 Å². The van der Waals surface area contributed by atoms with E-state index in [0.29, 0.717) is 12.8 Å². The Bertz CT molecular complexity index is 330. The van der Waals surface area contributed by atoms with Crippen molar-refractivity contribution in [1.82, 2.24) is 10.2 Å². The molecule has 19 heavy (non-hydrogen) atoms. The number of amides is 2. The first-order chi connectivity index (χ1) is 8.94. The highest BCUT2D eigenvalue weighted by atomic mass is 16.2. The summed E-state index contributed by atoms with van der Waals surface area (Å²) < 4.78 is 0. The topological polar surface area (TPSA) is 49.4 Å². The molecule has 0 spiro atoms. The van der Waals surface area contributed by atoms with Gasteiger partial charge in [-0.15, -0.1) is 0 Å². The summed E-state index contributed by atoms with van der Waals surface area (Å²) >= 11 is 0. The van der Waals surface area contributed by atoms with E-state index in [-0.39, 0.29) is 17.9 Å². The van der Waals surface area contributed by atoms with Crippen LogP contribution in [0.1, 0.15) is 66.2 Å². The minimum Gasteiger partial charge on any atom is -0.342 e. The van der Waals surface area contributed by atoms with Gasteiger partial charge in [-0.25, -0.2) is 0 Å². The Morgan fingerprint density at radius 2 is 1.95 bits per heavy atom. The van der Waals surface area contributed by atoms with E-state index in [1.54, 1.807) is 0 Å². The number of hydrogen-bond donors (Lipinski definition) is 1. The Labute approximate surface area is 116 Å². The fourth-order valence-electron chi connectivity index (χ4n) is 2.58. The molecular weight excluding hydrogens is 240 g/mol. The molecule has 0 aliphatic carbocycles. The molecule has 1 aliphatic heterocycles. The van der Waals surface area contributed by atoms with Crippen LogP contribution in [0.3, 0.4) is 0 Å². The maximum Gasteiger partial charge on any atom is 0.248 e. The number of carbonyl (C=O) groups excluding carboxylic acids is 2. The van der Waals surface area contributed by atoms with Crippen LogP contribution in [0.2, 0.25) is 0 Å². The molecule has 0 bridgehead atoms. The lowest BCUT2D eigenvalue weighted by Crippen LogP contribution is -2.55. The van der Waals surface area contributed by atoms with Gasteiger partial charge in [-0.1, -0.05) is 33.1 Å². The summed E-state index contributed by atoms with van der Waals surface area (Å²) in [5.74, 6) is 0.0612. The lowest BCUT2D eigenvalue weighted by molar-refractivity contribution is -0.139. The summed E-state index contributed by atoms with van der Waals surface area (Å²) in [5, 5.41) is 2.89. The molecule has 2 unspecified atom stereocenters. The van der Waals surface area contributed by atoms with Crippen LogP contribution in [0.15, 0.2) is 0 Å². The third-order valence-corrected chi connectivity index (χ3v) is 4.12. The molecule has 2 atom stereocenters. The molecule has 0 aromatic carbocycles. The van der Waals surface area contributed by atoms with Crippen LogP contribution >= 0.6 is 0 Å². The van der Waals surface area contributed by atoms with Crippen molar-refractivity contribution in [2.45, 2.75) is 77.8 Å². The number of rotatable bonds is 6. The molecule has 0 aromatic heterocycles. The molecular formula is C15H28N2O2. The van der Waals surface area contributed by atoms with Crippen molar-refractivity contribution in [3.05, 3.63) is 0 Å². The smallest absolute Gasteiger partial charge is 0.248 e. The van der Waals surface area contributed by atoms with Gasteiger partial charge in [-0.05, 0) is 26.7 Å². The standard InChI is InChI=1S/C15H28N2O2/c1-5-7-8-9-10-17-12(3)11-13(18)16-15(4,6-2)14(17)19/h12H,5-11H2,1-4H3,(H,16,18). The first kappa shape index (κ1) is 16.0. The van der Waals surface area contributed by atoms with Crippen LogP contribution in [-0.4, -0.2) is 34.8 Å². The Kier molecular flexibility index (Phi) is 5.83. The van der Waals surface area contributed by atoms with Crippen LogP contribution in [0.25, 0.3) is 0 Å². The number of carbonyl (C=O) groups is 2. The van der Waals surface area contributed by atoms with Crippen LogP contribution in [0.4, 0.5) is 0 Å². The van der Waals surface area contributed by atoms with Gasteiger partial charge in [0, 0.05) is 19.0 Å². The molecule has 4 heteroatoms. The summed E-state index contributed by atoms with van der Waals surface area (Å²) in [6.07, 6.45) is 5.62. The van der Waals surface area contributed by atoms with Gasteiger partial charge in [0.25, 0.3) is 0 Å². The van der Waals surface area contributed by atoms with E-state index in [1.165, 1.54) is 12.8 Å². The number of nitrogens with one attached hydrogen (secondary N) is 1. The van der Waals surface area contributed by atoms with Crippen LogP contribution in [-0.2, 0) is 9.59 Å². The van der Waals surface area contributed by atoms with Crippen molar-refractivity contribution in [2.24, 2.45) is 0 Å². The van der Waals surface area contributed by atoms with Crippen molar-refractivity contribution in [3.8, 4) is 0 Å². The minimum atomic E-state index is -0.730. The zero-order chi connectivity index (χ0) is 14.5. The van der Waals surface area contributed by atoms with Gasteiger partial charge in [0.15, 0.2) is 0 Å². The van der Waals surface area contributed by atoms with Crippen LogP contribution in [0.5, 0.6) is 0 Å². The molecule has 1 rings (SSSR count). The van der Waals surface area contributed by atoms with E-state index in [0.717, 1.165) is 19.4 Å². The van der Waals surface area contributed by atoms with Gasteiger partial charge in [0.05, 0.1) is 0 Å². The van der Waals surface area contributed by atoms with Crippen molar-refractivity contribution in [2.75, 3.05) is 6.54 Å². The SMILES string of the molecule is CCCCCCN1C(=O)C(C)(CC)NC(=O)CC1C. The molecule has 2 amide bonds. The van der Waals surface area contributed by atoms with Crippen molar-refractivity contribution >= 4 is 11.8 Å². The van der Waals surface area contributed by atoms with Crippen molar-refractivity contribution in [1.29, 1.82) is 0 Å². The molecule has 0 aromatic rings. The molecule has 1 saturated heterocycles. The molecule has 1 fully saturated rings. The van der Waals surface area contributed by atoms with Crippen molar-refractivity contribution < 1.29 is 9.59 Å². The Hall–Kier alpha value is -1.06. The number of nitrogens with zero attached hydrogens (tertiary/aromatic N) is 1. The molecule has 4 nitrogen and oxygen atoms in total. The molecule has 1 N–H and O–H groups in total. The predicted molar refractivity (Wildman–Crippen MR) is 76.8 cm³/mol. The lowest BCUT2D eigenvalue weighted by atomic mass is 9.97. The average Bonchev–Trinajstić information content (AvgIpc) is 2.44. The predicted octanol–water partition coefficient (Wildman–Crippen LogP) is 2.47. The maximum atomic E-state index is 12.6. The lowest BCUT2D eigenvalue weighted by Gasteiger charge is -2.33. The fraction of sp³-hybridized carbons (Fsp3) is 0.867. The van der Waals surface area contributed by atoms with Gasteiger partial charge in [-0.3, -0.25) is 9.59 Å². The molecule has 0 saturated carbocycles. The van der Waals surface area contributed by atoms with Crippen LogP contribution in [0, 0.1) is 0 Å². The largest absolute Gasteiger partial charge is 0.342 e.